The second-order valence-corrected chi connectivity index (χ2v) is 7.13. The lowest BCUT2D eigenvalue weighted by Crippen LogP contribution is -2.44. The highest BCUT2D eigenvalue weighted by Crippen LogP contribution is 2.29. The van der Waals surface area contributed by atoms with Crippen molar-refractivity contribution < 1.29 is 14.3 Å². The summed E-state index contributed by atoms with van der Waals surface area (Å²) in [6.07, 6.45) is 1.96. The lowest BCUT2D eigenvalue weighted by molar-refractivity contribution is -0.146. The van der Waals surface area contributed by atoms with Crippen molar-refractivity contribution in [3.63, 3.8) is 0 Å². The summed E-state index contributed by atoms with van der Waals surface area (Å²) in [6, 6.07) is 7.12. The highest BCUT2D eigenvalue weighted by Gasteiger charge is 2.37. The van der Waals surface area contributed by atoms with E-state index in [-0.39, 0.29) is 5.97 Å². The lowest BCUT2D eigenvalue weighted by atomic mass is 9.87. The van der Waals surface area contributed by atoms with Crippen LogP contribution in [0.5, 0.6) is 0 Å². The average molecular weight is 348 g/mol. The standard InChI is InChI=1S/C18H24N2O3S/c1-11(2)13-5-7-14(8-6-13)16-15(12(3)19-18(22)20-16)17(21)23-9-10-24-4/h5-8,11,15-16H,9-10H2,1-4H3,(H,20,22). The van der Waals surface area contributed by atoms with E-state index in [1.807, 2.05) is 30.5 Å². The number of aliphatic imine (C=N–C) groups is 1. The van der Waals surface area contributed by atoms with Crippen LogP contribution >= 0.6 is 11.8 Å². The van der Waals surface area contributed by atoms with E-state index in [0.29, 0.717) is 18.2 Å². The van der Waals surface area contributed by atoms with Gasteiger partial charge in [-0.1, -0.05) is 38.1 Å². The average Bonchev–Trinajstić information content (AvgIpc) is 2.54. The second kappa shape index (κ2) is 8.33. The van der Waals surface area contributed by atoms with Crippen molar-refractivity contribution in [2.75, 3.05) is 18.6 Å². The molecule has 130 valence electrons. The zero-order valence-electron chi connectivity index (χ0n) is 14.5. The van der Waals surface area contributed by atoms with Crippen LogP contribution in [0.2, 0.25) is 0 Å². The molecule has 1 N–H and O–H groups in total. The number of ether oxygens (including phenoxy) is 1. The SMILES string of the molecule is CSCCOC(=O)C1C(C)=NC(=O)NC1c1ccc(C(C)C)cc1. The Morgan fingerprint density at radius 1 is 1.33 bits per heavy atom. The number of hydrogen-bond acceptors (Lipinski definition) is 4. The fourth-order valence-electron chi connectivity index (χ4n) is 2.71. The lowest BCUT2D eigenvalue weighted by Gasteiger charge is -2.30. The number of amides is 2. The van der Waals surface area contributed by atoms with Crippen molar-refractivity contribution in [2.24, 2.45) is 10.9 Å². The van der Waals surface area contributed by atoms with Gasteiger partial charge in [0.2, 0.25) is 0 Å². The van der Waals surface area contributed by atoms with E-state index in [0.717, 1.165) is 11.3 Å². The third-order valence-corrected chi connectivity index (χ3v) is 4.66. The van der Waals surface area contributed by atoms with Gasteiger partial charge in [0.1, 0.15) is 12.5 Å². The number of benzene rings is 1. The van der Waals surface area contributed by atoms with Crippen molar-refractivity contribution in [2.45, 2.75) is 32.7 Å². The highest BCUT2D eigenvalue weighted by atomic mass is 32.2. The predicted molar refractivity (Wildman–Crippen MR) is 97.7 cm³/mol. The minimum Gasteiger partial charge on any atom is -0.464 e. The Labute approximate surface area is 147 Å². The van der Waals surface area contributed by atoms with Crippen LogP contribution in [0.3, 0.4) is 0 Å². The predicted octanol–water partition coefficient (Wildman–Crippen LogP) is 3.56. The molecule has 2 rings (SSSR count). The fraction of sp³-hybridized carbons (Fsp3) is 0.500. The van der Waals surface area contributed by atoms with Crippen LogP contribution in [0.25, 0.3) is 0 Å². The summed E-state index contributed by atoms with van der Waals surface area (Å²) in [5.74, 6) is 0.239. The first kappa shape index (κ1) is 18.5. The van der Waals surface area contributed by atoms with Crippen molar-refractivity contribution in [3.05, 3.63) is 35.4 Å². The molecule has 1 aliphatic rings. The van der Waals surface area contributed by atoms with Crippen molar-refractivity contribution in [3.8, 4) is 0 Å². The topological polar surface area (TPSA) is 67.8 Å². The molecular formula is C18H24N2O3S. The van der Waals surface area contributed by atoms with Gasteiger partial charge in [-0.25, -0.2) is 9.79 Å². The highest BCUT2D eigenvalue weighted by molar-refractivity contribution is 7.98. The Morgan fingerprint density at radius 3 is 2.58 bits per heavy atom. The fourth-order valence-corrected chi connectivity index (χ4v) is 2.96. The van der Waals surface area contributed by atoms with Gasteiger partial charge in [0.25, 0.3) is 0 Å². The van der Waals surface area contributed by atoms with E-state index in [1.54, 1.807) is 18.7 Å². The Bertz CT molecular complexity index is 626. The molecule has 2 unspecified atom stereocenters. The molecule has 6 heteroatoms. The van der Waals surface area contributed by atoms with Crippen LogP contribution in [0.4, 0.5) is 4.79 Å². The van der Waals surface area contributed by atoms with Gasteiger partial charge in [-0.3, -0.25) is 4.79 Å². The quantitative estimate of drug-likeness (QED) is 0.630. The van der Waals surface area contributed by atoms with Crippen LogP contribution in [0.1, 0.15) is 43.9 Å². The normalized spacial score (nSPS) is 20.5. The molecule has 1 aromatic rings. The van der Waals surface area contributed by atoms with Gasteiger partial charge >= 0.3 is 12.0 Å². The Hall–Kier alpha value is -1.82. The third-order valence-electron chi connectivity index (χ3n) is 4.09. The van der Waals surface area contributed by atoms with Crippen molar-refractivity contribution in [1.82, 2.24) is 5.32 Å². The molecule has 1 heterocycles. The number of carbonyl (C=O) groups excluding carboxylic acids is 2. The van der Waals surface area contributed by atoms with Crippen LogP contribution in [0, 0.1) is 5.92 Å². The summed E-state index contributed by atoms with van der Waals surface area (Å²) in [7, 11) is 0. The van der Waals surface area contributed by atoms with Crippen LogP contribution in [-0.2, 0) is 9.53 Å². The molecule has 0 aromatic heterocycles. The number of hydrogen-bond donors (Lipinski definition) is 1. The van der Waals surface area contributed by atoms with Gasteiger partial charge in [-0.05, 0) is 30.2 Å². The van der Waals surface area contributed by atoms with Gasteiger partial charge in [-0.15, -0.1) is 0 Å². The summed E-state index contributed by atoms with van der Waals surface area (Å²) >= 11 is 1.62. The summed E-state index contributed by atoms with van der Waals surface area (Å²) in [6.45, 7) is 6.31. The van der Waals surface area contributed by atoms with Crippen molar-refractivity contribution >= 4 is 29.5 Å². The van der Waals surface area contributed by atoms with Gasteiger partial charge in [-0.2, -0.15) is 11.8 Å². The monoisotopic (exact) mass is 348 g/mol. The molecule has 2 atom stereocenters. The third kappa shape index (κ3) is 4.38. The molecule has 0 saturated carbocycles. The number of carbonyl (C=O) groups is 2. The minimum atomic E-state index is -0.588. The molecule has 0 aliphatic carbocycles. The summed E-state index contributed by atoms with van der Waals surface area (Å²) in [5, 5.41) is 2.80. The minimum absolute atomic E-state index is 0.344. The molecule has 24 heavy (non-hydrogen) atoms. The van der Waals surface area contributed by atoms with Crippen molar-refractivity contribution in [1.29, 1.82) is 0 Å². The first-order chi connectivity index (χ1) is 11.4. The molecule has 0 radical (unpaired) electrons. The first-order valence-electron chi connectivity index (χ1n) is 8.05. The van der Waals surface area contributed by atoms with Gasteiger partial charge in [0.15, 0.2) is 0 Å². The molecule has 0 saturated heterocycles. The van der Waals surface area contributed by atoms with Crippen LogP contribution in [0.15, 0.2) is 29.3 Å². The van der Waals surface area contributed by atoms with E-state index in [2.05, 4.69) is 24.2 Å². The number of nitrogens with one attached hydrogen (secondary N) is 1. The van der Waals surface area contributed by atoms with Crippen LogP contribution < -0.4 is 5.32 Å². The maximum absolute atomic E-state index is 12.5. The molecule has 5 nitrogen and oxygen atoms in total. The number of thioether (sulfide) groups is 1. The Morgan fingerprint density at radius 2 is 2.00 bits per heavy atom. The van der Waals surface area contributed by atoms with Gasteiger partial charge in [0, 0.05) is 11.5 Å². The van der Waals surface area contributed by atoms with Crippen LogP contribution in [-0.4, -0.2) is 36.3 Å². The molecule has 0 spiro atoms. The number of esters is 1. The van der Waals surface area contributed by atoms with Gasteiger partial charge in [0.05, 0.1) is 6.04 Å². The van der Waals surface area contributed by atoms with E-state index in [4.69, 9.17) is 4.74 Å². The second-order valence-electron chi connectivity index (χ2n) is 6.14. The van der Waals surface area contributed by atoms with E-state index in [9.17, 15) is 9.59 Å². The van der Waals surface area contributed by atoms with E-state index in [1.165, 1.54) is 5.56 Å². The molecule has 0 fully saturated rings. The number of nitrogens with zero attached hydrogens (tertiary/aromatic N) is 1. The molecule has 1 aromatic carbocycles. The first-order valence-corrected chi connectivity index (χ1v) is 9.44. The maximum Gasteiger partial charge on any atom is 0.341 e. The summed E-state index contributed by atoms with van der Waals surface area (Å²) in [5.41, 5.74) is 2.59. The Balaban J connectivity index is 2.25. The maximum atomic E-state index is 12.5. The number of rotatable bonds is 6. The molecule has 0 bridgehead atoms. The largest absolute Gasteiger partial charge is 0.464 e. The smallest absolute Gasteiger partial charge is 0.341 e. The Kier molecular flexibility index (Phi) is 6.43. The summed E-state index contributed by atoms with van der Waals surface area (Å²) in [4.78, 5) is 28.2. The van der Waals surface area contributed by atoms with E-state index >= 15 is 0 Å². The van der Waals surface area contributed by atoms with E-state index < -0.39 is 18.0 Å². The number of urea groups is 1. The zero-order valence-corrected chi connectivity index (χ0v) is 15.4. The zero-order chi connectivity index (χ0) is 17.7. The molecule has 1 aliphatic heterocycles. The van der Waals surface area contributed by atoms with Gasteiger partial charge < -0.3 is 10.1 Å². The summed E-state index contributed by atoms with van der Waals surface area (Å²) < 4.78 is 5.35. The molecular weight excluding hydrogens is 324 g/mol. The molecule has 2 amide bonds.